The minimum absolute atomic E-state index is 0.0826. The fraction of sp³-hybridized carbons (Fsp3) is 1.00. The van der Waals surface area contributed by atoms with Crippen molar-refractivity contribution in [1.82, 2.24) is 15.1 Å². The highest BCUT2D eigenvalue weighted by molar-refractivity contribution is 4.88. The van der Waals surface area contributed by atoms with Gasteiger partial charge >= 0.3 is 0 Å². The van der Waals surface area contributed by atoms with Crippen LogP contribution < -0.4 is 5.32 Å². The molecule has 1 aliphatic heterocycles. The van der Waals surface area contributed by atoms with Gasteiger partial charge in [-0.3, -0.25) is 0 Å². The molecule has 1 saturated heterocycles. The molecule has 0 aromatic heterocycles. The second-order valence-electron chi connectivity index (χ2n) is 6.34. The van der Waals surface area contributed by atoms with Crippen molar-refractivity contribution in [2.45, 2.75) is 51.6 Å². The second-order valence-corrected chi connectivity index (χ2v) is 6.34. The van der Waals surface area contributed by atoms with Crippen LogP contribution in [0.1, 0.15) is 40.0 Å². The van der Waals surface area contributed by atoms with E-state index in [9.17, 15) is 5.11 Å². The first-order valence-electron chi connectivity index (χ1n) is 7.81. The van der Waals surface area contributed by atoms with Gasteiger partial charge in [-0.25, -0.2) is 0 Å². The van der Waals surface area contributed by atoms with E-state index in [1.165, 1.54) is 26.2 Å². The summed E-state index contributed by atoms with van der Waals surface area (Å²) in [5.74, 6) is 0. The molecule has 0 aromatic carbocycles. The molecule has 1 atom stereocenters. The lowest BCUT2D eigenvalue weighted by molar-refractivity contribution is 0.118. The molecular formula is C15H33N3O. The monoisotopic (exact) mass is 271 g/mol. The van der Waals surface area contributed by atoms with Crippen molar-refractivity contribution >= 4 is 0 Å². The first kappa shape index (κ1) is 16.9. The number of aliphatic hydroxyl groups excluding tert-OH is 1. The molecule has 1 rings (SSSR count). The number of hydrogen-bond acceptors (Lipinski definition) is 4. The predicted molar refractivity (Wildman–Crippen MR) is 81.6 cm³/mol. The van der Waals surface area contributed by atoms with Crippen LogP contribution in [-0.2, 0) is 0 Å². The molecule has 19 heavy (non-hydrogen) atoms. The van der Waals surface area contributed by atoms with E-state index in [0.29, 0.717) is 6.04 Å². The maximum absolute atomic E-state index is 9.71. The zero-order valence-electron chi connectivity index (χ0n) is 13.3. The van der Waals surface area contributed by atoms with Crippen molar-refractivity contribution in [2.24, 2.45) is 0 Å². The van der Waals surface area contributed by atoms with Crippen LogP contribution in [0.25, 0.3) is 0 Å². The van der Waals surface area contributed by atoms with E-state index in [1.54, 1.807) is 0 Å². The molecular weight excluding hydrogens is 238 g/mol. The minimum Gasteiger partial charge on any atom is -0.394 e. The Labute approximate surface area is 119 Å². The molecule has 0 radical (unpaired) electrons. The van der Waals surface area contributed by atoms with Gasteiger partial charge in [0, 0.05) is 37.8 Å². The van der Waals surface area contributed by atoms with Gasteiger partial charge in [0.25, 0.3) is 0 Å². The molecule has 114 valence electrons. The van der Waals surface area contributed by atoms with E-state index in [4.69, 9.17) is 0 Å². The zero-order valence-corrected chi connectivity index (χ0v) is 13.3. The number of hydrogen-bond donors (Lipinski definition) is 2. The third-order valence-electron chi connectivity index (χ3n) is 4.30. The van der Waals surface area contributed by atoms with E-state index in [1.807, 2.05) is 0 Å². The first-order chi connectivity index (χ1) is 9.01. The van der Waals surface area contributed by atoms with E-state index < -0.39 is 0 Å². The van der Waals surface area contributed by atoms with Crippen LogP contribution in [0.2, 0.25) is 0 Å². The SMILES string of the molecule is CCC(CO)(CCCN1CCN(C)CC1)NC(C)C. The van der Waals surface area contributed by atoms with Crippen LogP contribution in [0.3, 0.4) is 0 Å². The third kappa shape index (κ3) is 5.78. The Morgan fingerprint density at radius 2 is 1.84 bits per heavy atom. The van der Waals surface area contributed by atoms with Gasteiger partial charge in [-0.05, 0) is 32.9 Å². The number of likely N-dealkylation sites (N-methyl/N-ethyl adjacent to an activating group) is 1. The number of nitrogens with one attached hydrogen (secondary N) is 1. The molecule has 0 spiro atoms. The van der Waals surface area contributed by atoms with Gasteiger partial charge in [0.15, 0.2) is 0 Å². The lowest BCUT2D eigenvalue weighted by atomic mass is 9.90. The van der Waals surface area contributed by atoms with Gasteiger partial charge in [0.1, 0.15) is 0 Å². The molecule has 0 amide bonds. The summed E-state index contributed by atoms with van der Waals surface area (Å²) in [5.41, 5.74) is -0.0826. The van der Waals surface area contributed by atoms with Crippen LogP contribution in [0.4, 0.5) is 0 Å². The van der Waals surface area contributed by atoms with Gasteiger partial charge in [0.2, 0.25) is 0 Å². The van der Waals surface area contributed by atoms with Crippen LogP contribution in [-0.4, -0.2) is 72.9 Å². The summed E-state index contributed by atoms with van der Waals surface area (Å²) >= 11 is 0. The van der Waals surface area contributed by atoms with Crippen molar-refractivity contribution in [3.05, 3.63) is 0 Å². The smallest absolute Gasteiger partial charge is 0.0613 e. The number of nitrogens with zero attached hydrogens (tertiary/aromatic N) is 2. The van der Waals surface area contributed by atoms with Crippen molar-refractivity contribution in [3.63, 3.8) is 0 Å². The fourth-order valence-electron chi connectivity index (χ4n) is 2.91. The summed E-state index contributed by atoms with van der Waals surface area (Å²) in [5, 5.41) is 13.3. The summed E-state index contributed by atoms with van der Waals surface area (Å²) in [6.45, 7) is 12.6. The summed E-state index contributed by atoms with van der Waals surface area (Å²) in [7, 11) is 2.19. The predicted octanol–water partition coefficient (Wildman–Crippen LogP) is 1.15. The van der Waals surface area contributed by atoms with Gasteiger partial charge < -0.3 is 20.2 Å². The van der Waals surface area contributed by atoms with E-state index in [-0.39, 0.29) is 12.1 Å². The molecule has 4 nitrogen and oxygen atoms in total. The van der Waals surface area contributed by atoms with E-state index in [2.05, 4.69) is 42.9 Å². The summed E-state index contributed by atoms with van der Waals surface area (Å²) in [4.78, 5) is 4.94. The molecule has 2 N–H and O–H groups in total. The van der Waals surface area contributed by atoms with E-state index in [0.717, 1.165) is 25.8 Å². The van der Waals surface area contributed by atoms with Crippen molar-refractivity contribution in [1.29, 1.82) is 0 Å². The normalized spacial score (nSPS) is 21.8. The topological polar surface area (TPSA) is 38.7 Å². The highest BCUT2D eigenvalue weighted by atomic mass is 16.3. The molecule has 1 aliphatic rings. The lowest BCUT2D eigenvalue weighted by Gasteiger charge is -2.36. The maximum atomic E-state index is 9.71. The Balaban J connectivity index is 2.31. The highest BCUT2D eigenvalue weighted by Gasteiger charge is 2.27. The van der Waals surface area contributed by atoms with Crippen LogP contribution >= 0.6 is 0 Å². The Morgan fingerprint density at radius 3 is 2.32 bits per heavy atom. The van der Waals surface area contributed by atoms with Gasteiger partial charge in [0.05, 0.1) is 6.61 Å². The minimum atomic E-state index is -0.0826. The summed E-state index contributed by atoms with van der Waals surface area (Å²) < 4.78 is 0. The molecule has 0 aliphatic carbocycles. The molecule has 0 aromatic rings. The second kappa shape index (κ2) is 8.20. The van der Waals surface area contributed by atoms with E-state index >= 15 is 0 Å². The third-order valence-corrected chi connectivity index (χ3v) is 4.30. The number of aliphatic hydroxyl groups is 1. The Bertz CT molecular complexity index is 234. The average Bonchev–Trinajstić information content (AvgIpc) is 2.39. The molecule has 1 heterocycles. The fourth-order valence-corrected chi connectivity index (χ4v) is 2.91. The molecule has 0 bridgehead atoms. The summed E-state index contributed by atoms with van der Waals surface area (Å²) in [6.07, 6.45) is 3.22. The maximum Gasteiger partial charge on any atom is 0.0613 e. The largest absolute Gasteiger partial charge is 0.394 e. The standard InChI is InChI=1S/C15H33N3O/c1-5-15(13-19,16-14(2)3)7-6-8-18-11-9-17(4)10-12-18/h14,16,19H,5-13H2,1-4H3. The van der Waals surface area contributed by atoms with Gasteiger partial charge in [-0.1, -0.05) is 20.8 Å². The van der Waals surface area contributed by atoms with Crippen LogP contribution in [0, 0.1) is 0 Å². The number of piperazine rings is 1. The van der Waals surface area contributed by atoms with Crippen molar-refractivity contribution in [2.75, 3.05) is 46.4 Å². The van der Waals surface area contributed by atoms with Crippen LogP contribution in [0.15, 0.2) is 0 Å². The average molecular weight is 271 g/mol. The van der Waals surface area contributed by atoms with Gasteiger partial charge in [-0.15, -0.1) is 0 Å². The Hall–Kier alpha value is -0.160. The molecule has 0 saturated carbocycles. The first-order valence-corrected chi connectivity index (χ1v) is 7.81. The number of rotatable bonds is 8. The molecule has 1 unspecified atom stereocenters. The Kier molecular flexibility index (Phi) is 7.29. The quantitative estimate of drug-likeness (QED) is 0.695. The Morgan fingerprint density at radius 1 is 1.21 bits per heavy atom. The summed E-state index contributed by atoms with van der Waals surface area (Å²) in [6, 6.07) is 0.427. The zero-order chi connectivity index (χ0) is 14.3. The van der Waals surface area contributed by atoms with Crippen LogP contribution in [0.5, 0.6) is 0 Å². The van der Waals surface area contributed by atoms with Crippen molar-refractivity contribution in [3.8, 4) is 0 Å². The molecule has 4 heteroatoms. The van der Waals surface area contributed by atoms with Crippen molar-refractivity contribution < 1.29 is 5.11 Å². The highest BCUT2D eigenvalue weighted by Crippen LogP contribution is 2.18. The van der Waals surface area contributed by atoms with Gasteiger partial charge in [-0.2, -0.15) is 0 Å². The lowest BCUT2D eigenvalue weighted by Crippen LogP contribution is -2.51. The molecule has 1 fully saturated rings.